The summed E-state index contributed by atoms with van der Waals surface area (Å²) >= 11 is 0. The molecule has 0 radical (unpaired) electrons. The van der Waals surface area contributed by atoms with Crippen molar-refractivity contribution in [1.29, 1.82) is 0 Å². The minimum Gasteiger partial charge on any atom is -0.364 e. The molecule has 0 amide bonds. The lowest BCUT2D eigenvalue weighted by atomic mass is 9.83. The third-order valence-electron chi connectivity index (χ3n) is 4.43. The van der Waals surface area contributed by atoms with Gasteiger partial charge in [-0.2, -0.15) is 0 Å². The normalized spacial score (nSPS) is 27.4. The van der Waals surface area contributed by atoms with Gasteiger partial charge in [0.05, 0.1) is 0 Å². The minimum absolute atomic E-state index is 0.450. The Balaban J connectivity index is 2.00. The smallest absolute Gasteiger partial charge is 0.137 e. The van der Waals surface area contributed by atoms with Crippen molar-refractivity contribution < 1.29 is 4.79 Å². The van der Waals surface area contributed by atoms with Gasteiger partial charge in [0.2, 0.25) is 0 Å². The van der Waals surface area contributed by atoms with Crippen molar-refractivity contribution in [3.05, 3.63) is 29.3 Å². The van der Waals surface area contributed by atoms with E-state index in [-0.39, 0.29) is 0 Å². The first kappa shape index (κ1) is 11.8. The lowest BCUT2D eigenvalue weighted by molar-refractivity contribution is -0.121. The topological polar surface area (TPSA) is 20.3 Å². The number of rotatable bonds is 1. The second-order valence-corrected chi connectivity index (χ2v) is 5.88. The van der Waals surface area contributed by atoms with Crippen molar-refractivity contribution in [2.75, 3.05) is 4.90 Å². The predicted octanol–water partition coefficient (Wildman–Crippen LogP) is 3.39. The van der Waals surface area contributed by atoms with E-state index in [4.69, 9.17) is 0 Å². The number of nitrogens with zero attached hydrogens (tertiary/aromatic N) is 1. The Kier molecular flexibility index (Phi) is 2.89. The molecule has 3 rings (SSSR count). The van der Waals surface area contributed by atoms with E-state index in [2.05, 4.69) is 36.9 Å². The van der Waals surface area contributed by atoms with Gasteiger partial charge in [-0.15, -0.1) is 0 Å². The predicted molar refractivity (Wildman–Crippen MR) is 74.1 cm³/mol. The molecule has 2 saturated heterocycles. The maximum Gasteiger partial charge on any atom is 0.137 e. The van der Waals surface area contributed by atoms with Crippen LogP contribution in [0.15, 0.2) is 18.2 Å². The van der Waals surface area contributed by atoms with Crippen molar-refractivity contribution in [3.63, 3.8) is 0 Å². The molecule has 0 spiro atoms. The van der Waals surface area contributed by atoms with Gasteiger partial charge < -0.3 is 4.90 Å². The zero-order chi connectivity index (χ0) is 12.7. The van der Waals surface area contributed by atoms with Crippen LogP contribution in [-0.4, -0.2) is 17.9 Å². The van der Waals surface area contributed by atoms with Gasteiger partial charge in [-0.3, -0.25) is 4.79 Å². The van der Waals surface area contributed by atoms with Gasteiger partial charge in [0.15, 0.2) is 0 Å². The molecule has 2 fully saturated rings. The highest BCUT2D eigenvalue weighted by Crippen LogP contribution is 2.38. The largest absolute Gasteiger partial charge is 0.364 e. The van der Waals surface area contributed by atoms with Crippen LogP contribution in [0.3, 0.4) is 0 Å². The van der Waals surface area contributed by atoms with E-state index in [1.54, 1.807) is 0 Å². The summed E-state index contributed by atoms with van der Waals surface area (Å²) in [6, 6.07) is 7.56. The second kappa shape index (κ2) is 4.42. The van der Waals surface area contributed by atoms with Gasteiger partial charge in [-0.25, -0.2) is 0 Å². The van der Waals surface area contributed by atoms with Crippen molar-refractivity contribution in [2.45, 2.75) is 58.0 Å². The van der Waals surface area contributed by atoms with E-state index < -0.39 is 0 Å². The summed E-state index contributed by atoms with van der Waals surface area (Å²) in [4.78, 5) is 14.3. The fourth-order valence-electron chi connectivity index (χ4n) is 3.57. The lowest BCUT2D eigenvalue weighted by Crippen LogP contribution is -2.52. The third kappa shape index (κ3) is 1.94. The summed E-state index contributed by atoms with van der Waals surface area (Å²) in [5.74, 6) is 0.464. The van der Waals surface area contributed by atoms with E-state index >= 15 is 0 Å². The van der Waals surface area contributed by atoms with Crippen LogP contribution in [0, 0.1) is 13.8 Å². The van der Waals surface area contributed by atoms with E-state index in [1.807, 2.05) is 0 Å². The third-order valence-corrected chi connectivity index (χ3v) is 4.43. The average Bonchev–Trinajstić information content (AvgIpc) is 2.31. The Bertz CT molecular complexity index is 464. The lowest BCUT2D eigenvalue weighted by Gasteiger charge is -2.47. The zero-order valence-electron chi connectivity index (χ0n) is 11.3. The number of benzene rings is 1. The van der Waals surface area contributed by atoms with Gasteiger partial charge in [0, 0.05) is 30.6 Å². The summed E-state index contributed by atoms with van der Waals surface area (Å²) in [6.07, 6.45) is 5.14. The number of fused-ring (bicyclic) bond motifs is 2. The molecule has 2 aliphatic rings. The molecule has 2 heterocycles. The first-order valence-corrected chi connectivity index (χ1v) is 7.02. The zero-order valence-corrected chi connectivity index (χ0v) is 11.3. The minimum atomic E-state index is 0.450. The fourth-order valence-corrected chi connectivity index (χ4v) is 3.57. The molecule has 96 valence electrons. The van der Waals surface area contributed by atoms with Crippen LogP contribution in [-0.2, 0) is 4.79 Å². The van der Waals surface area contributed by atoms with E-state index in [1.165, 1.54) is 36.1 Å². The van der Waals surface area contributed by atoms with Crippen molar-refractivity contribution in [2.24, 2.45) is 0 Å². The van der Waals surface area contributed by atoms with Crippen LogP contribution in [0.5, 0.6) is 0 Å². The molecule has 2 nitrogen and oxygen atoms in total. The molecular weight excluding hydrogens is 222 g/mol. The fraction of sp³-hybridized carbons (Fsp3) is 0.562. The van der Waals surface area contributed by atoms with Gasteiger partial charge in [-0.1, -0.05) is 12.1 Å². The highest BCUT2D eigenvalue weighted by Gasteiger charge is 2.37. The Labute approximate surface area is 109 Å². The molecule has 1 aromatic carbocycles. The summed E-state index contributed by atoms with van der Waals surface area (Å²) in [7, 11) is 0. The van der Waals surface area contributed by atoms with E-state index in [0.29, 0.717) is 17.9 Å². The Morgan fingerprint density at radius 1 is 1.11 bits per heavy atom. The highest BCUT2D eigenvalue weighted by molar-refractivity contribution is 5.83. The SMILES string of the molecule is Cc1ccc(C)c(N2C3CCCC2CC(=O)C3)c1. The van der Waals surface area contributed by atoms with E-state index in [9.17, 15) is 4.79 Å². The Hall–Kier alpha value is -1.31. The first-order valence-electron chi connectivity index (χ1n) is 7.02. The van der Waals surface area contributed by atoms with Gasteiger partial charge in [0.1, 0.15) is 5.78 Å². The highest BCUT2D eigenvalue weighted by atomic mass is 16.1. The first-order chi connectivity index (χ1) is 8.65. The summed E-state index contributed by atoms with van der Waals surface area (Å²) in [5.41, 5.74) is 4.01. The molecule has 0 aliphatic carbocycles. The number of hydrogen-bond donors (Lipinski definition) is 0. The molecule has 0 aromatic heterocycles. The Morgan fingerprint density at radius 3 is 2.44 bits per heavy atom. The van der Waals surface area contributed by atoms with Crippen LogP contribution >= 0.6 is 0 Å². The van der Waals surface area contributed by atoms with Crippen molar-refractivity contribution in [1.82, 2.24) is 0 Å². The molecule has 2 aliphatic heterocycles. The monoisotopic (exact) mass is 243 g/mol. The molecule has 2 heteroatoms. The van der Waals surface area contributed by atoms with Crippen LogP contribution in [0.1, 0.15) is 43.2 Å². The van der Waals surface area contributed by atoms with Gasteiger partial charge in [-0.05, 0) is 50.3 Å². The van der Waals surface area contributed by atoms with Crippen LogP contribution < -0.4 is 4.90 Å². The molecule has 18 heavy (non-hydrogen) atoms. The van der Waals surface area contributed by atoms with E-state index in [0.717, 1.165) is 12.8 Å². The summed E-state index contributed by atoms with van der Waals surface area (Å²) in [6.45, 7) is 4.33. The van der Waals surface area contributed by atoms with Gasteiger partial charge in [0.25, 0.3) is 0 Å². The van der Waals surface area contributed by atoms with Crippen LogP contribution in [0.4, 0.5) is 5.69 Å². The number of carbonyl (C=O) groups is 1. The maximum absolute atomic E-state index is 11.8. The average molecular weight is 243 g/mol. The van der Waals surface area contributed by atoms with Crippen molar-refractivity contribution >= 4 is 11.5 Å². The standard InChI is InChI=1S/C16H21NO/c1-11-6-7-12(2)16(8-11)17-13-4-3-5-14(17)10-15(18)9-13/h6-8,13-14H,3-5,9-10H2,1-2H3. The number of hydrogen-bond acceptors (Lipinski definition) is 2. The number of anilines is 1. The molecule has 2 bridgehead atoms. The second-order valence-electron chi connectivity index (χ2n) is 5.88. The molecular formula is C16H21NO. The number of ketones is 1. The van der Waals surface area contributed by atoms with Gasteiger partial charge >= 0.3 is 0 Å². The van der Waals surface area contributed by atoms with Crippen molar-refractivity contribution in [3.8, 4) is 0 Å². The maximum atomic E-state index is 11.8. The molecule has 2 atom stereocenters. The van der Waals surface area contributed by atoms with Crippen LogP contribution in [0.2, 0.25) is 0 Å². The molecule has 0 saturated carbocycles. The quantitative estimate of drug-likeness (QED) is 0.753. The number of piperidine rings is 2. The molecule has 0 N–H and O–H groups in total. The molecule has 2 unspecified atom stereocenters. The number of carbonyl (C=O) groups excluding carboxylic acids is 1. The molecule has 1 aromatic rings. The Morgan fingerprint density at radius 2 is 1.78 bits per heavy atom. The summed E-state index contributed by atoms with van der Waals surface area (Å²) in [5, 5.41) is 0. The van der Waals surface area contributed by atoms with Crippen LogP contribution in [0.25, 0.3) is 0 Å². The number of aryl methyl sites for hydroxylation is 2. The number of Topliss-reactive ketones (excluding diaryl/α,β-unsaturated/α-hetero) is 1. The summed E-state index contributed by atoms with van der Waals surface area (Å²) < 4.78 is 0.